The Kier molecular flexibility index (Phi) is 8.02. The van der Waals surface area contributed by atoms with Crippen LogP contribution in [-0.2, 0) is 27.2 Å². The fourth-order valence-corrected chi connectivity index (χ4v) is 4.32. The van der Waals surface area contributed by atoms with E-state index in [0.29, 0.717) is 6.42 Å². The number of carbonyl (C=O) groups is 3. The number of amides is 3. The Hall–Kier alpha value is -4.31. The van der Waals surface area contributed by atoms with Gasteiger partial charge in [-0.1, -0.05) is 36.4 Å². The molecule has 0 fully saturated rings. The van der Waals surface area contributed by atoms with E-state index in [4.69, 9.17) is 10.5 Å². The molecule has 2 atom stereocenters. The van der Waals surface area contributed by atoms with Gasteiger partial charge in [0.15, 0.2) is 0 Å². The number of hydrogen-bond acceptors (Lipinski definition) is 5. The van der Waals surface area contributed by atoms with Crippen molar-refractivity contribution in [1.82, 2.24) is 25.9 Å². The van der Waals surface area contributed by atoms with E-state index in [1.54, 1.807) is 20.8 Å². The van der Waals surface area contributed by atoms with Gasteiger partial charge < -0.3 is 36.4 Å². The van der Waals surface area contributed by atoms with Crippen LogP contribution in [0.4, 0.5) is 4.79 Å². The zero-order valence-corrected chi connectivity index (χ0v) is 21.8. The minimum atomic E-state index is -1.19. The molecule has 0 aliphatic heterocycles. The minimum absolute atomic E-state index is 0.185. The monoisotopic (exact) mass is 518 g/mol. The van der Waals surface area contributed by atoms with E-state index in [9.17, 15) is 14.4 Å². The van der Waals surface area contributed by atoms with Gasteiger partial charge in [-0.2, -0.15) is 0 Å². The van der Waals surface area contributed by atoms with Crippen LogP contribution in [0, 0.1) is 0 Å². The first-order valence-electron chi connectivity index (χ1n) is 12.6. The second-order valence-electron chi connectivity index (χ2n) is 9.80. The van der Waals surface area contributed by atoms with Crippen LogP contribution in [0.15, 0.2) is 60.9 Å². The standard InChI is InChI=1S/C28H34N6O4/c1-4-38-27(37)34-24(14-18-16-31-22-12-8-6-10-20(18)22)33-25(35)23(32-26(36)28(2,3)29)13-17-15-30-21-11-7-5-9-19(17)21/h5-12,15-16,23-24,30-31H,4,13-14,29H2,1-3H3,(H,32,36)(H,33,35)(H,34,37)/t23-,24-/m1/s1. The Bertz CT molecular complexity index is 1430. The van der Waals surface area contributed by atoms with Crippen LogP contribution in [0.3, 0.4) is 0 Å². The van der Waals surface area contributed by atoms with Crippen LogP contribution in [0.2, 0.25) is 0 Å². The van der Waals surface area contributed by atoms with Crippen LogP contribution in [0.25, 0.3) is 21.8 Å². The summed E-state index contributed by atoms with van der Waals surface area (Å²) in [4.78, 5) is 45.2. The van der Waals surface area contributed by atoms with Gasteiger partial charge in [-0.25, -0.2) is 4.79 Å². The molecule has 10 heteroatoms. The lowest BCUT2D eigenvalue weighted by Crippen LogP contribution is -2.59. The molecule has 2 aromatic carbocycles. The Labute approximate surface area is 220 Å². The van der Waals surface area contributed by atoms with E-state index < -0.39 is 35.7 Å². The number of H-pyrrole nitrogens is 2. The van der Waals surface area contributed by atoms with Crippen molar-refractivity contribution in [2.75, 3.05) is 6.61 Å². The van der Waals surface area contributed by atoms with Gasteiger partial charge in [0.2, 0.25) is 11.8 Å². The second-order valence-corrected chi connectivity index (χ2v) is 9.80. The number of carbonyl (C=O) groups excluding carboxylic acids is 3. The zero-order valence-electron chi connectivity index (χ0n) is 21.8. The van der Waals surface area contributed by atoms with Gasteiger partial charge in [0.25, 0.3) is 0 Å². The number of nitrogens with two attached hydrogens (primary N) is 1. The van der Waals surface area contributed by atoms with E-state index in [1.807, 2.05) is 60.9 Å². The van der Waals surface area contributed by atoms with Crippen molar-refractivity contribution in [2.24, 2.45) is 5.73 Å². The molecule has 0 aliphatic rings. The van der Waals surface area contributed by atoms with Gasteiger partial charge in [0.1, 0.15) is 12.2 Å². The number of ether oxygens (including phenoxy) is 1. The molecule has 200 valence electrons. The summed E-state index contributed by atoms with van der Waals surface area (Å²) >= 11 is 0. The van der Waals surface area contributed by atoms with Gasteiger partial charge in [-0.15, -0.1) is 0 Å². The highest BCUT2D eigenvalue weighted by atomic mass is 16.5. The molecule has 0 radical (unpaired) electrons. The van der Waals surface area contributed by atoms with Crippen molar-refractivity contribution < 1.29 is 19.1 Å². The molecule has 0 saturated carbocycles. The first-order chi connectivity index (χ1) is 18.2. The third-order valence-corrected chi connectivity index (χ3v) is 6.29. The number of para-hydroxylation sites is 2. The fraction of sp³-hybridized carbons (Fsp3) is 0.321. The Morgan fingerprint density at radius 2 is 1.42 bits per heavy atom. The third kappa shape index (κ3) is 6.33. The molecule has 0 aliphatic carbocycles. The number of aromatic amines is 2. The second kappa shape index (κ2) is 11.4. The summed E-state index contributed by atoms with van der Waals surface area (Å²) in [5.41, 5.74) is 8.46. The fourth-order valence-electron chi connectivity index (χ4n) is 4.32. The number of rotatable bonds is 10. The number of nitrogens with one attached hydrogen (secondary N) is 5. The maximum Gasteiger partial charge on any atom is 0.408 e. The molecular formula is C28H34N6O4. The molecule has 0 bridgehead atoms. The summed E-state index contributed by atoms with van der Waals surface area (Å²) in [5.74, 6) is -0.932. The molecule has 10 nitrogen and oxygen atoms in total. The molecule has 38 heavy (non-hydrogen) atoms. The van der Waals surface area contributed by atoms with E-state index >= 15 is 0 Å². The van der Waals surface area contributed by atoms with Crippen LogP contribution in [0.5, 0.6) is 0 Å². The molecule has 4 rings (SSSR count). The predicted molar refractivity (Wildman–Crippen MR) is 146 cm³/mol. The summed E-state index contributed by atoms with van der Waals surface area (Å²) in [6.45, 7) is 5.04. The summed E-state index contributed by atoms with van der Waals surface area (Å²) in [6, 6.07) is 14.5. The first-order valence-corrected chi connectivity index (χ1v) is 12.6. The normalized spacial score (nSPS) is 13.2. The Balaban J connectivity index is 1.59. The number of benzene rings is 2. The van der Waals surface area contributed by atoms with E-state index in [2.05, 4.69) is 25.9 Å². The highest BCUT2D eigenvalue weighted by molar-refractivity contribution is 5.93. The van der Waals surface area contributed by atoms with Crippen molar-refractivity contribution >= 4 is 39.7 Å². The predicted octanol–water partition coefficient (Wildman–Crippen LogP) is 2.84. The number of alkyl carbamates (subject to hydrolysis) is 1. The average molecular weight is 519 g/mol. The number of aromatic nitrogens is 2. The molecule has 0 saturated heterocycles. The smallest absolute Gasteiger partial charge is 0.408 e. The first kappa shape index (κ1) is 26.7. The molecule has 3 amide bonds. The van der Waals surface area contributed by atoms with E-state index in [0.717, 1.165) is 32.9 Å². The molecule has 0 spiro atoms. The van der Waals surface area contributed by atoms with Crippen LogP contribution >= 0.6 is 0 Å². The maximum atomic E-state index is 13.6. The summed E-state index contributed by atoms with van der Waals surface area (Å²) in [6.07, 6.45) is 2.73. The minimum Gasteiger partial charge on any atom is -0.450 e. The lowest BCUT2D eigenvalue weighted by atomic mass is 10.0. The number of hydrogen-bond donors (Lipinski definition) is 6. The van der Waals surface area contributed by atoms with Crippen LogP contribution < -0.4 is 21.7 Å². The van der Waals surface area contributed by atoms with Crippen LogP contribution in [-0.4, -0.2) is 52.2 Å². The highest BCUT2D eigenvalue weighted by Crippen LogP contribution is 2.21. The summed E-state index contributed by atoms with van der Waals surface area (Å²) < 4.78 is 5.06. The summed E-state index contributed by atoms with van der Waals surface area (Å²) in [7, 11) is 0. The quantitative estimate of drug-likeness (QED) is 0.178. The lowest BCUT2D eigenvalue weighted by Gasteiger charge is -2.26. The van der Waals surface area contributed by atoms with Crippen molar-refractivity contribution in [1.29, 1.82) is 0 Å². The molecule has 4 aromatic rings. The topological polar surface area (TPSA) is 154 Å². The van der Waals surface area contributed by atoms with Gasteiger partial charge in [-0.05, 0) is 44.0 Å². The van der Waals surface area contributed by atoms with Crippen LogP contribution in [0.1, 0.15) is 31.9 Å². The highest BCUT2D eigenvalue weighted by Gasteiger charge is 2.30. The molecule has 7 N–H and O–H groups in total. The van der Waals surface area contributed by atoms with Gasteiger partial charge in [0.05, 0.1) is 12.1 Å². The molecule has 2 aromatic heterocycles. The van der Waals surface area contributed by atoms with E-state index in [-0.39, 0.29) is 13.0 Å². The number of fused-ring (bicyclic) bond motifs is 2. The van der Waals surface area contributed by atoms with Crippen molar-refractivity contribution in [2.45, 2.75) is 51.4 Å². The maximum absolute atomic E-state index is 13.6. The average Bonchev–Trinajstić information content (AvgIpc) is 3.47. The van der Waals surface area contributed by atoms with Crippen molar-refractivity contribution in [3.8, 4) is 0 Å². The third-order valence-electron chi connectivity index (χ3n) is 6.29. The summed E-state index contributed by atoms with van der Waals surface area (Å²) in [5, 5.41) is 10.3. The zero-order chi connectivity index (χ0) is 27.3. The molecule has 0 unspecified atom stereocenters. The largest absolute Gasteiger partial charge is 0.450 e. The van der Waals surface area contributed by atoms with Gasteiger partial charge in [-0.3, -0.25) is 9.59 Å². The van der Waals surface area contributed by atoms with E-state index in [1.165, 1.54) is 0 Å². The Morgan fingerprint density at radius 3 is 1.97 bits per heavy atom. The van der Waals surface area contributed by atoms with Crippen molar-refractivity contribution in [3.63, 3.8) is 0 Å². The Morgan fingerprint density at radius 1 is 0.868 bits per heavy atom. The van der Waals surface area contributed by atoms with Crippen molar-refractivity contribution in [3.05, 3.63) is 72.1 Å². The molecular weight excluding hydrogens is 484 g/mol. The molecule has 2 heterocycles. The SMILES string of the molecule is CCOC(=O)N[C@H](Cc1c[nH]c2ccccc12)NC(=O)[C@@H](Cc1c[nH]c2ccccc12)NC(=O)C(C)(C)N. The van der Waals surface area contributed by atoms with Gasteiger partial charge >= 0.3 is 6.09 Å². The van der Waals surface area contributed by atoms with Gasteiger partial charge in [0, 0.05) is 47.0 Å². The lowest BCUT2D eigenvalue weighted by molar-refractivity contribution is -0.131.